The standard InChI is InChI=1S/C10H19NO2/c1-10(4-2-5-13-10)9(11)8-3-6-12-7-8/h8-9H,2-7,11H2,1H3. The first kappa shape index (κ1) is 9.44. The molecule has 0 radical (unpaired) electrons. The lowest BCUT2D eigenvalue weighted by Crippen LogP contribution is -2.50. The zero-order chi connectivity index (χ0) is 9.31. The molecule has 0 bridgehead atoms. The van der Waals surface area contributed by atoms with Gasteiger partial charge in [0.15, 0.2) is 0 Å². The molecule has 2 saturated heterocycles. The monoisotopic (exact) mass is 185 g/mol. The van der Waals surface area contributed by atoms with Gasteiger partial charge in [0.2, 0.25) is 0 Å². The zero-order valence-corrected chi connectivity index (χ0v) is 8.29. The van der Waals surface area contributed by atoms with Crippen LogP contribution >= 0.6 is 0 Å². The quantitative estimate of drug-likeness (QED) is 0.695. The van der Waals surface area contributed by atoms with Crippen LogP contribution in [0.2, 0.25) is 0 Å². The molecule has 2 aliphatic rings. The van der Waals surface area contributed by atoms with Crippen molar-refractivity contribution in [3.63, 3.8) is 0 Å². The van der Waals surface area contributed by atoms with Gasteiger partial charge in [0, 0.05) is 25.2 Å². The van der Waals surface area contributed by atoms with Crippen LogP contribution in [0.15, 0.2) is 0 Å². The van der Waals surface area contributed by atoms with Gasteiger partial charge in [0.25, 0.3) is 0 Å². The van der Waals surface area contributed by atoms with Crippen molar-refractivity contribution in [1.82, 2.24) is 0 Å². The van der Waals surface area contributed by atoms with E-state index in [4.69, 9.17) is 15.2 Å². The van der Waals surface area contributed by atoms with Crippen molar-refractivity contribution in [2.24, 2.45) is 11.7 Å². The van der Waals surface area contributed by atoms with Crippen molar-refractivity contribution >= 4 is 0 Å². The minimum Gasteiger partial charge on any atom is -0.381 e. The fraction of sp³-hybridized carbons (Fsp3) is 1.00. The molecule has 0 amide bonds. The second-order valence-corrected chi connectivity index (χ2v) is 4.41. The molecule has 3 unspecified atom stereocenters. The molecule has 0 aromatic heterocycles. The van der Waals surface area contributed by atoms with Crippen LogP contribution in [0.4, 0.5) is 0 Å². The topological polar surface area (TPSA) is 44.5 Å². The first-order chi connectivity index (χ1) is 6.22. The Morgan fingerprint density at radius 3 is 2.85 bits per heavy atom. The van der Waals surface area contributed by atoms with Gasteiger partial charge in [-0.3, -0.25) is 0 Å². The zero-order valence-electron chi connectivity index (χ0n) is 8.29. The van der Waals surface area contributed by atoms with E-state index < -0.39 is 0 Å². The fourth-order valence-corrected chi connectivity index (χ4v) is 2.40. The summed E-state index contributed by atoms with van der Waals surface area (Å²) in [6.45, 7) is 4.70. The third-order valence-electron chi connectivity index (χ3n) is 3.43. The summed E-state index contributed by atoms with van der Waals surface area (Å²) in [6, 6.07) is 0.150. The minimum atomic E-state index is -0.0850. The van der Waals surface area contributed by atoms with Crippen LogP contribution in [0.1, 0.15) is 26.2 Å². The molecule has 2 heterocycles. The number of ether oxygens (including phenoxy) is 2. The maximum Gasteiger partial charge on any atom is 0.0809 e. The highest BCUT2D eigenvalue weighted by molar-refractivity contribution is 4.95. The maximum atomic E-state index is 6.21. The van der Waals surface area contributed by atoms with Crippen molar-refractivity contribution in [3.8, 4) is 0 Å². The molecule has 0 aromatic carbocycles. The van der Waals surface area contributed by atoms with Crippen molar-refractivity contribution in [3.05, 3.63) is 0 Å². The van der Waals surface area contributed by atoms with E-state index in [9.17, 15) is 0 Å². The summed E-state index contributed by atoms with van der Waals surface area (Å²) >= 11 is 0. The predicted octanol–water partition coefficient (Wildman–Crippen LogP) is 0.919. The number of rotatable bonds is 2. The van der Waals surface area contributed by atoms with Gasteiger partial charge in [-0.05, 0) is 26.2 Å². The Balaban J connectivity index is 1.97. The second kappa shape index (κ2) is 3.56. The minimum absolute atomic E-state index is 0.0850. The van der Waals surface area contributed by atoms with Crippen LogP contribution in [0.5, 0.6) is 0 Å². The maximum absolute atomic E-state index is 6.21. The number of nitrogens with two attached hydrogens (primary N) is 1. The van der Waals surface area contributed by atoms with E-state index in [1.807, 2.05) is 0 Å². The van der Waals surface area contributed by atoms with E-state index in [2.05, 4.69) is 6.92 Å². The van der Waals surface area contributed by atoms with E-state index in [1.54, 1.807) is 0 Å². The largest absolute Gasteiger partial charge is 0.381 e. The lowest BCUT2D eigenvalue weighted by molar-refractivity contribution is -0.0178. The molecule has 0 spiro atoms. The molecule has 3 heteroatoms. The van der Waals surface area contributed by atoms with Crippen LogP contribution < -0.4 is 5.73 Å². The molecule has 2 N–H and O–H groups in total. The molecule has 0 aliphatic carbocycles. The van der Waals surface area contributed by atoms with Gasteiger partial charge in [-0.25, -0.2) is 0 Å². The van der Waals surface area contributed by atoms with E-state index in [-0.39, 0.29) is 11.6 Å². The Morgan fingerprint density at radius 2 is 2.31 bits per heavy atom. The van der Waals surface area contributed by atoms with Gasteiger partial charge in [0.05, 0.1) is 12.2 Å². The van der Waals surface area contributed by atoms with Crippen LogP contribution in [-0.4, -0.2) is 31.5 Å². The summed E-state index contributed by atoms with van der Waals surface area (Å²) in [6.07, 6.45) is 3.35. The van der Waals surface area contributed by atoms with Gasteiger partial charge in [0.1, 0.15) is 0 Å². The predicted molar refractivity (Wildman–Crippen MR) is 50.5 cm³/mol. The molecule has 2 aliphatic heterocycles. The molecule has 2 fully saturated rings. The summed E-state index contributed by atoms with van der Waals surface area (Å²) in [5.74, 6) is 0.503. The molecule has 3 nitrogen and oxygen atoms in total. The molecular weight excluding hydrogens is 166 g/mol. The first-order valence-electron chi connectivity index (χ1n) is 5.20. The Morgan fingerprint density at radius 1 is 1.46 bits per heavy atom. The lowest BCUT2D eigenvalue weighted by Gasteiger charge is -2.33. The Kier molecular flexibility index (Phi) is 2.58. The average Bonchev–Trinajstić information content (AvgIpc) is 2.73. The van der Waals surface area contributed by atoms with Crippen LogP contribution in [0.25, 0.3) is 0 Å². The van der Waals surface area contributed by atoms with Crippen molar-refractivity contribution in [1.29, 1.82) is 0 Å². The number of hydrogen-bond donors (Lipinski definition) is 1. The van der Waals surface area contributed by atoms with E-state index in [1.165, 1.54) is 0 Å². The van der Waals surface area contributed by atoms with Gasteiger partial charge < -0.3 is 15.2 Å². The summed E-state index contributed by atoms with van der Waals surface area (Å²) in [4.78, 5) is 0. The van der Waals surface area contributed by atoms with Crippen LogP contribution in [0, 0.1) is 5.92 Å². The summed E-state index contributed by atoms with van der Waals surface area (Å²) in [7, 11) is 0. The Hall–Kier alpha value is -0.120. The van der Waals surface area contributed by atoms with Crippen LogP contribution in [0.3, 0.4) is 0 Å². The van der Waals surface area contributed by atoms with Gasteiger partial charge in [-0.15, -0.1) is 0 Å². The summed E-state index contributed by atoms with van der Waals surface area (Å²) in [5, 5.41) is 0. The molecule has 0 aromatic rings. The highest BCUT2D eigenvalue weighted by Gasteiger charge is 2.41. The molecule has 13 heavy (non-hydrogen) atoms. The van der Waals surface area contributed by atoms with Gasteiger partial charge >= 0.3 is 0 Å². The van der Waals surface area contributed by atoms with Crippen molar-refractivity contribution in [2.75, 3.05) is 19.8 Å². The third-order valence-corrected chi connectivity index (χ3v) is 3.43. The van der Waals surface area contributed by atoms with E-state index in [0.29, 0.717) is 5.92 Å². The SMILES string of the molecule is CC1(C(N)C2CCOC2)CCCO1. The Labute approximate surface area is 79.6 Å². The summed E-state index contributed by atoms with van der Waals surface area (Å²) < 4.78 is 11.1. The first-order valence-corrected chi connectivity index (χ1v) is 5.20. The van der Waals surface area contributed by atoms with Crippen molar-refractivity contribution in [2.45, 2.75) is 37.8 Å². The van der Waals surface area contributed by atoms with E-state index >= 15 is 0 Å². The molecule has 2 rings (SSSR count). The van der Waals surface area contributed by atoms with Crippen LogP contribution in [-0.2, 0) is 9.47 Å². The lowest BCUT2D eigenvalue weighted by atomic mass is 9.84. The summed E-state index contributed by atoms with van der Waals surface area (Å²) in [5.41, 5.74) is 6.13. The van der Waals surface area contributed by atoms with Gasteiger partial charge in [-0.1, -0.05) is 0 Å². The average molecular weight is 185 g/mol. The Bertz CT molecular complexity index is 172. The fourth-order valence-electron chi connectivity index (χ4n) is 2.40. The smallest absolute Gasteiger partial charge is 0.0809 e. The molecular formula is C10H19NO2. The number of hydrogen-bond acceptors (Lipinski definition) is 3. The van der Waals surface area contributed by atoms with E-state index in [0.717, 1.165) is 39.1 Å². The third kappa shape index (κ3) is 1.73. The molecule has 3 atom stereocenters. The van der Waals surface area contributed by atoms with Gasteiger partial charge in [-0.2, -0.15) is 0 Å². The van der Waals surface area contributed by atoms with Crippen molar-refractivity contribution < 1.29 is 9.47 Å². The normalized spacial score (nSPS) is 42.5. The highest BCUT2D eigenvalue weighted by Crippen LogP contribution is 2.33. The second-order valence-electron chi connectivity index (χ2n) is 4.41. The molecule has 0 saturated carbocycles. The highest BCUT2D eigenvalue weighted by atomic mass is 16.5. The molecule has 76 valence electrons.